The monoisotopic (exact) mass is 478 g/mol. The van der Waals surface area contributed by atoms with Gasteiger partial charge in [-0.15, -0.1) is 11.3 Å². The third kappa shape index (κ3) is 8.12. The van der Waals surface area contributed by atoms with E-state index in [2.05, 4.69) is 18.4 Å². The number of amides is 2. The molecule has 0 radical (unpaired) electrons. The molecule has 34 heavy (non-hydrogen) atoms. The Morgan fingerprint density at radius 1 is 0.853 bits per heavy atom. The van der Waals surface area contributed by atoms with Crippen molar-refractivity contribution in [3.8, 4) is 0 Å². The molecule has 0 spiro atoms. The lowest BCUT2D eigenvalue weighted by Crippen LogP contribution is -2.43. The van der Waals surface area contributed by atoms with Gasteiger partial charge in [-0.3, -0.25) is 9.59 Å². The average molecular weight is 479 g/mol. The molecule has 0 fully saturated rings. The van der Waals surface area contributed by atoms with Crippen molar-refractivity contribution in [2.24, 2.45) is 0 Å². The van der Waals surface area contributed by atoms with E-state index in [4.69, 9.17) is 4.74 Å². The first-order valence-corrected chi connectivity index (χ1v) is 12.7. The molecule has 3 aromatic rings. The van der Waals surface area contributed by atoms with Crippen LogP contribution < -0.4 is 0 Å². The minimum Gasteiger partial charge on any atom is -0.382 e. The Morgan fingerprint density at radius 3 is 2.15 bits per heavy atom. The van der Waals surface area contributed by atoms with Gasteiger partial charge >= 0.3 is 0 Å². The zero-order valence-electron chi connectivity index (χ0n) is 20.1. The van der Waals surface area contributed by atoms with Gasteiger partial charge in [-0.1, -0.05) is 60.7 Å². The quantitative estimate of drug-likeness (QED) is 0.322. The molecule has 2 amide bonds. The normalized spacial score (nSPS) is 10.8. The van der Waals surface area contributed by atoms with E-state index in [1.807, 2.05) is 72.5 Å². The van der Waals surface area contributed by atoms with Crippen molar-refractivity contribution in [2.45, 2.75) is 39.8 Å². The Labute approximate surface area is 207 Å². The highest BCUT2D eigenvalue weighted by Gasteiger charge is 2.22. The van der Waals surface area contributed by atoms with Crippen LogP contribution in [0.15, 0.2) is 72.1 Å². The highest BCUT2D eigenvalue weighted by atomic mass is 32.1. The Kier molecular flexibility index (Phi) is 10.3. The highest BCUT2D eigenvalue weighted by Crippen LogP contribution is 2.20. The summed E-state index contributed by atoms with van der Waals surface area (Å²) in [4.78, 5) is 31.4. The van der Waals surface area contributed by atoms with Gasteiger partial charge in [0.05, 0.1) is 19.5 Å². The molecule has 1 aromatic heterocycles. The van der Waals surface area contributed by atoms with E-state index >= 15 is 0 Å². The predicted octanol–water partition coefficient (Wildman–Crippen LogP) is 5.08. The summed E-state index contributed by atoms with van der Waals surface area (Å²) < 4.78 is 5.46. The van der Waals surface area contributed by atoms with Gasteiger partial charge in [-0.05, 0) is 48.4 Å². The maximum atomic E-state index is 13.5. The molecule has 0 saturated heterocycles. The number of carbonyl (C=O) groups excluding carboxylic acids is 2. The summed E-state index contributed by atoms with van der Waals surface area (Å²) in [7, 11) is 0. The summed E-state index contributed by atoms with van der Waals surface area (Å²) in [6.07, 6.45) is 0.982. The second kappa shape index (κ2) is 13.7. The number of rotatable bonds is 13. The van der Waals surface area contributed by atoms with Crippen molar-refractivity contribution in [3.05, 3.63) is 93.7 Å². The fraction of sp³-hybridized carbons (Fsp3) is 0.357. The van der Waals surface area contributed by atoms with Gasteiger partial charge in [0.15, 0.2) is 0 Å². The van der Waals surface area contributed by atoms with E-state index in [-0.39, 0.29) is 24.8 Å². The molecule has 0 aliphatic carbocycles. The number of thiophene rings is 1. The van der Waals surface area contributed by atoms with Crippen molar-refractivity contribution < 1.29 is 14.3 Å². The zero-order valence-corrected chi connectivity index (χ0v) is 20.9. The van der Waals surface area contributed by atoms with E-state index < -0.39 is 0 Å². The van der Waals surface area contributed by atoms with Gasteiger partial charge in [0, 0.05) is 31.2 Å². The first kappa shape index (κ1) is 25.7. The van der Waals surface area contributed by atoms with Crippen LogP contribution in [-0.2, 0) is 33.8 Å². The third-order valence-electron chi connectivity index (χ3n) is 5.67. The molecule has 0 N–H and O–H groups in total. The molecular weight excluding hydrogens is 444 g/mol. The maximum absolute atomic E-state index is 13.5. The summed E-state index contributed by atoms with van der Waals surface area (Å²) in [5, 5.41) is 2.05. The first-order valence-electron chi connectivity index (χ1n) is 11.8. The Bertz CT molecular complexity index is 1020. The molecule has 2 aromatic carbocycles. The largest absolute Gasteiger partial charge is 0.382 e. The van der Waals surface area contributed by atoms with E-state index in [1.165, 1.54) is 10.4 Å². The lowest BCUT2D eigenvalue weighted by Gasteiger charge is -2.28. The van der Waals surface area contributed by atoms with Gasteiger partial charge < -0.3 is 14.5 Å². The van der Waals surface area contributed by atoms with E-state index in [1.54, 1.807) is 16.2 Å². The number of ether oxygens (including phenoxy) is 1. The van der Waals surface area contributed by atoms with Gasteiger partial charge in [0.1, 0.15) is 0 Å². The van der Waals surface area contributed by atoms with E-state index in [0.29, 0.717) is 39.3 Å². The second-order valence-electron chi connectivity index (χ2n) is 8.29. The van der Waals surface area contributed by atoms with Crippen LogP contribution >= 0.6 is 11.3 Å². The molecule has 0 atom stereocenters. The minimum atomic E-state index is -0.0468. The molecule has 0 aliphatic rings. The van der Waals surface area contributed by atoms with Gasteiger partial charge in [-0.2, -0.15) is 0 Å². The lowest BCUT2D eigenvalue weighted by atomic mass is 10.1. The highest BCUT2D eigenvalue weighted by molar-refractivity contribution is 7.10. The summed E-state index contributed by atoms with van der Waals surface area (Å²) in [5.41, 5.74) is 3.21. The minimum absolute atomic E-state index is 0.0389. The lowest BCUT2D eigenvalue weighted by molar-refractivity contribution is -0.141. The Balaban J connectivity index is 1.74. The van der Waals surface area contributed by atoms with E-state index in [0.717, 1.165) is 11.1 Å². The number of hydrogen-bond acceptors (Lipinski definition) is 4. The van der Waals surface area contributed by atoms with Crippen LogP contribution in [0.3, 0.4) is 0 Å². The molecule has 6 heteroatoms. The van der Waals surface area contributed by atoms with Crippen molar-refractivity contribution in [1.29, 1.82) is 0 Å². The van der Waals surface area contributed by atoms with Crippen LogP contribution in [-0.4, -0.2) is 47.9 Å². The van der Waals surface area contributed by atoms with Crippen LogP contribution in [0.2, 0.25) is 0 Å². The van der Waals surface area contributed by atoms with Crippen LogP contribution in [0.25, 0.3) is 0 Å². The number of carbonyl (C=O) groups is 2. The van der Waals surface area contributed by atoms with E-state index in [9.17, 15) is 9.59 Å². The predicted molar refractivity (Wildman–Crippen MR) is 138 cm³/mol. The number of benzene rings is 2. The van der Waals surface area contributed by atoms with Gasteiger partial charge in [0.25, 0.3) is 0 Å². The molecule has 180 valence electrons. The fourth-order valence-electron chi connectivity index (χ4n) is 3.71. The molecule has 3 rings (SSSR count). The van der Waals surface area contributed by atoms with Crippen LogP contribution in [0.4, 0.5) is 0 Å². The molecule has 0 unspecified atom stereocenters. The maximum Gasteiger partial charge on any atom is 0.242 e. The summed E-state index contributed by atoms with van der Waals surface area (Å²) >= 11 is 1.66. The van der Waals surface area contributed by atoms with Crippen LogP contribution in [0.5, 0.6) is 0 Å². The second-order valence-corrected chi connectivity index (χ2v) is 9.29. The third-order valence-corrected chi connectivity index (χ3v) is 6.68. The Hall–Kier alpha value is -2.96. The van der Waals surface area contributed by atoms with Crippen molar-refractivity contribution in [3.63, 3.8) is 0 Å². The van der Waals surface area contributed by atoms with Crippen molar-refractivity contribution in [2.75, 3.05) is 26.3 Å². The number of nitrogens with zero attached hydrogens (tertiary/aromatic N) is 2. The number of aryl methyl sites for hydroxylation is 1. The van der Waals surface area contributed by atoms with Crippen molar-refractivity contribution >= 4 is 23.2 Å². The summed E-state index contributed by atoms with van der Waals surface area (Å²) in [5.74, 6) is -0.0857. The molecule has 0 saturated carbocycles. The summed E-state index contributed by atoms with van der Waals surface area (Å²) in [6.45, 7) is 6.84. The van der Waals surface area contributed by atoms with Crippen LogP contribution in [0, 0.1) is 6.92 Å². The smallest absolute Gasteiger partial charge is 0.242 e. The SMILES string of the molecule is CCOCCCN(CC(=O)N(Cc1ccccc1)Cc1sccc1C)C(=O)Cc1ccccc1. The molecular formula is C28H34N2O3S. The molecule has 1 heterocycles. The van der Waals surface area contributed by atoms with Gasteiger partial charge in [-0.25, -0.2) is 0 Å². The molecule has 5 nitrogen and oxygen atoms in total. The Morgan fingerprint density at radius 2 is 1.53 bits per heavy atom. The topological polar surface area (TPSA) is 49.9 Å². The molecule has 0 aliphatic heterocycles. The van der Waals surface area contributed by atoms with Crippen molar-refractivity contribution in [1.82, 2.24) is 9.80 Å². The molecule has 0 bridgehead atoms. The zero-order chi connectivity index (χ0) is 24.2. The van der Waals surface area contributed by atoms with Crippen LogP contribution in [0.1, 0.15) is 34.9 Å². The summed E-state index contributed by atoms with van der Waals surface area (Å²) in [6, 6.07) is 21.8. The number of hydrogen-bond donors (Lipinski definition) is 0. The standard InChI is InChI=1S/C28H34N2O3S/c1-3-33-17-10-16-29(27(31)19-24-11-6-4-7-12-24)22-28(32)30(20-25-13-8-5-9-14-25)21-26-23(2)15-18-34-26/h4-9,11-15,18H,3,10,16-17,19-22H2,1-2H3. The fourth-order valence-corrected chi connectivity index (χ4v) is 4.64. The average Bonchev–Trinajstić information content (AvgIpc) is 3.26. The van der Waals surface area contributed by atoms with Gasteiger partial charge in [0.2, 0.25) is 11.8 Å². The first-order chi connectivity index (χ1) is 16.6.